The van der Waals surface area contributed by atoms with Gasteiger partial charge in [-0.1, -0.05) is 11.6 Å². The lowest BCUT2D eigenvalue weighted by Gasteiger charge is -2.30. The Morgan fingerprint density at radius 3 is 2.72 bits per heavy atom. The molecule has 25 heavy (non-hydrogen) atoms. The van der Waals surface area contributed by atoms with E-state index in [0.29, 0.717) is 5.02 Å². The highest BCUT2D eigenvalue weighted by atomic mass is 35.5. The van der Waals surface area contributed by atoms with Crippen molar-refractivity contribution in [3.8, 4) is 0 Å². The summed E-state index contributed by atoms with van der Waals surface area (Å²) in [6.45, 7) is 5.58. The summed E-state index contributed by atoms with van der Waals surface area (Å²) >= 11 is 7.60. The largest absolute Gasteiger partial charge is 0.440 e. The standard InChI is InChI=1S/C19H19ClN2O2S/c1-11-9-17(25-12(11)2)19(23)22-7-5-13(6-8-22)18-21-15-10-14(20)3-4-16(15)24-18/h3-4,9-10,13H,5-8H2,1-2H3. The molecule has 0 aliphatic carbocycles. The van der Waals surface area contributed by atoms with E-state index in [-0.39, 0.29) is 11.8 Å². The van der Waals surface area contributed by atoms with Gasteiger partial charge in [0, 0.05) is 28.9 Å². The van der Waals surface area contributed by atoms with Gasteiger partial charge < -0.3 is 9.32 Å². The number of halogens is 1. The Morgan fingerprint density at radius 1 is 1.28 bits per heavy atom. The summed E-state index contributed by atoms with van der Waals surface area (Å²) in [5.41, 5.74) is 2.75. The van der Waals surface area contributed by atoms with Gasteiger partial charge in [0.1, 0.15) is 5.52 Å². The molecule has 1 amide bonds. The predicted octanol–water partition coefficient (Wildman–Crippen LogP) is 5.18. The van der Waals surface area contributed by atoms with E-state index in [9.17, 15) is 4.79 Å². The molecular weight excluding hydrogens is 356 g/mol. The van der Waals surface area contributed by atoms with Crippen molar-refractivity contribution in [2.24, 2.45) is 0 Å². The number of aromatic nitrogens is 1. The van der Waals surface area contributed by atoms with E-state index in [1.807, 2.05) is 36.1 Å². The smallest absolute Gasteiger partial charge is 0.263 e. The molecule has 0 spiro atoms. The van der Waals surface area contributed by atoms with E-state index in [1.165, 1.54) is 10.4 Å². The topological polar surface area (TPSA) is 46.3 Å². The summed E-state index contributed by atoms with van der Waals surface area (Å²) in [7, 11) is 0. The molecule has 3 aromatic rings. The molecule has 2 aromatic heterocycles. The molecule has 0 N–H and O–H groups in total. The highest BCUT2D eigenvalue weighted by Gasteiger charge is 2.28. The van der Waals surface area contributed by atoms with Crippen molar-refractivity contribution in [3.63, 3.8) is 0 Å². The van der Waals surface area contributed by atoms with Gasteiger partial charge in [-0.25, -0.2) is 4.98 Å². The number of benzene rings is 1. The average molecular weight is 375 g/mol. The molecule has 1 saturated heterocycles. The van der Waals surface area contributed by atoms with Crippen molar-refractivity contribution < 1.29 is 9.21 Å². The lowest BCUT2D eigenvalue weighted by molar-refractivity contribution is 0.0711. The maximum absolute atomic E-state index is 12.7. The average Bonchev–Trinajstić information content (AvgIpc) is 3.17. The zero-order chi connectivity index (χ0) is 17.6. The highest BCUT2D eigenvalue weighted by Crippen LogP contribution is 2.32. The number of hydrogen-bond acceptors (Lipinski definition) is 4. The SMILES string of the molecule is Cc1cc(C(=O)N2CCC(c3nc4cc(Cl)ccc4o3)CC2)sc1C. The van der Waals surface area contributed by atoms with Crippen LogP contribution in [0.25, 0.3) is 11.1 Å². The summed E-state index contributed by atoms with van der Waals surface area (Å²) in [6.07, 6.45) is 1.74. The first-order valence-electron chi connectivity index (χ1n) is 8.43. The number of fused-ring (bicyclic) bond motifs is 1. The van der Waals surface area contributed by atoms with Crippen LogP contribution in [0.1, 0.15) is 44.8 Å². The number of rotatable bonds is 2. The van der Waals surface area contributed by atoms with Crippen LogP contribution >= 0.6 is 22.9 Å². The quantitative estimate of drug-likeness (QED) is 0.620. The maximum atomic E-state index is 12.7. The molecule has 1 fully saturated rings. The van der Waals surface area contributed by atoms with Crippen LogP contribution in [-0.2, 0) is 0 Å². The van der Waals surface area contributed by atoms with Gasteiger partial charge in [-0.3, -0.25) is 4.79 Å². The molecular formula is C19H19ClN2O2S. The molecule has 130 valence electrons. The Bertz CT molecular complexity index is 919. The van der Waals surface area contributed by atoms with E-state index < -0.39 is 0 Å². The van der Waals surface area contributed by atoms with Crippen LogP contribution in [0.2, 0.25) is 5.02 Å². The molecule has 4 rings (SSSR count). The minimum Gasteiger partial charge on any atom is -0.440 e. The van der Waals surface area contributed by atoms with Crippen molar-refractivity contribution in [2.75, 3.05) is 13.1 Å². The van der Waals surface area contributed by atoms with E-state index in [2.05, 4.69) is 11.9 Å². The van der Waals surface area contributed by atoms with E-state index in [0.717, 1.165) is 47.8 Å². The van der Waals surface area contributed by atoms with E-state index in [1.54, 1.807) is 11.3 Å². The molecule has 4 nitrogen and oxygen atoms in total. The van der Waals surface area contributed by atoms with Crippen molar-refractivity contribution in [1.82, 2.24) is 9.88 Å². The third-order valence-corrected chi connectivity index (χ3v) is 6.25. The Kier molecular flexibility index (Phi) is 4.29. The van der Waals surface area contributed by atoms with Gasteiger partial charge in [0.05, 0.1) is 4.88 Å². The number of carbonyl (C=O) groups excluding carboxylic acids is 1. The van der Waals surface area contributed by atoms with Crippen molar-refractivity contribution in [2.45, 2.75) is 32.6 Å². The minimum atomic E-state index is 0.143. The number of likely N-dealkylation sites (tertiary alicyclic amines) is 1. The number of hydrogen-bond donors (Lipinski definition) is 0. The van der Waals surface area contributed by atoms with Crippen molar-refractivity contribution in [3.05, 3.63) is 50.5 Å². The van der Waals surface area contributed by atoms with Crippen LogP contribution in [-0.4, -0.2) is 28.9 Å². The molecule has 6 heteroatoms. The first-order valence-corrected chi connectivity index (χ1v) is 9.63. The molecule has 3 heterocycles. The minimum absolute atomic E-state index is 0.143. The van der Waals surface area contributed by atoms with Crippen molar-refractivity contribution in [1.29, 1.82) is 0 Å². The fourth-order valence-electron chi connectivity index (χ4n) is 3.26. The number of oxazole rings is 1. The number of thiophene rings is 1. The molecule has 0 bridgehead atoms. The van der Waals surface area contributed by atoms with Crippen LogP contribution in [0.15, 0.2) is 28.7 Å². The fourth-order valence-corrected chi connectivity index (χ4v) is 4.43. The number of amides is 1. The Morgan fingerprint density at radius 2 is 2.04 bits per heavy atom. The first kappa shape index (κ1) is 16.6. The zero-order valence-electron chi connectivity index (χ0n) is 14.2. The van der Waals surface area contributed by atoms with E-state index in [4.69, 9.17) is 16.0 Å². The van der Waals surface area contributed by atoms with Crippen LogP contribution in [0.5, 0.6) is 0 Å². The monoisotopic (exact) mass is 374 g/mol. The third kappa shape index (κ3) is 3.18. The summed E-state index contributed by atoms with van der Waals surface area (Å²) in [5.74, 6) is 1.15. The van der Waals surface area contributed by atoms with Gasteiger partial charge in [-0.05, 0) is 56.5 Å². The first-order chi connectivity index (χ1) is 12.0. The normalized spacial score (nSPS) is 15.9. The molecule has 1 aliphatic heterocycles. The number of piperidine rings is 1. The summed E-state index contributed by atoms with van der Waals surface area (Å²) in [4.78, 5) is 21.3. The van der Waals surface area contributed by atoms with Crippen LogP contribution in [0, 0.1) is 13.8 Å². The second kappa shape index (κ2) is 6.46. The van der Waals surface area contributed by atoms with Gasteiger partial charge in [-0.15, -0.1) is 11.3 Å². The van der Waals surface area contributed by atoms with E-state index >= 15 is 0 Å². The molecule has 0 unspecified atom stereocenters. The second-order valence-electron chi connectivity index (χ2n) is 6.58. The number of aryl methyl sites for hydroxylation is 2. The molecule has 0 saturated carbocycles. The molecule has 1 aromatic carbocycles. The second-order valence-corrected chi connectivity index (χ2v) is 8.27. The van der Waals surface area contributed by atoms with Crippen LogP contribution in [0.4, 0.5) is 0 Å². The fraction of sp³-hybridized carbons (Fsp3) is 0.368. The Hall–Kier alpha value is -1.85. The predicted molar refractivity (Wildman–Crippen MR) is 101 cm³/mol. The van der Waals surface area contributed by atoms with Crippen LogP contribution in [0.3, 0.4) is 0 Å². The Balaban J connectivity index is 1.46. The summed E-state index contributed by atoms with van der Waals surface area (Å²) in [6, 6.07) is 7.49. The number of nitrogens with zero attached hydrogens (tertiary/aromatic N) is 2. The molecule has 1 aliphatic rings. The van der Waals surface area contributed by atoms with Crippen LogP contribution < -0.4 is 0 Å². The summed E-state index contributed by atoms with van der Waals surface area (Å²) < 4.78 is 5.89. The van der Waals surface area contributed by atoms with Gasteiger partial charge in [0.15, 0.2) is 11.5 Å². The zero-order valence-corrected chi connectivity index (χ0v) is 15.8. The van der Waals surface area contributed by atoms with Gasteiger partial charge in [-0.2, -0.15) is 0 Å². The third-order valence-electron chi connectivity index (χ3n) is 4.87. The molecule has 0 atom stereocenters. The number of carbonyl (C=O) groups is 1. The van der Waals surface area contributed by atoms with Gasteiger partial charge in [0.2, 0.25) is 0 Å². The van der Waals surface area contributed by atoms with Gasteiger partial charge in [0.25, 0.3) is 5.91 Å². The van der Waals surface area contributed by atoms with Gasteiger partial charge >= 0.3 is 0 Å². The highest BCUT2D eigenvalue weighted by molar-refractivity contribution is 7.14. The maximum Gasteiger partial charge on any atom is 0.263 e. The lowest BCUT2D eigenvalue weighted by Crippen LogP contribution is -2.37. The summed E-state index contributed by atoms with van der Waals surface area (Å²) in [5, 5.41) is 0.661. The van der Waals surface area contributed by atoms with Crippen molar-refractivity contribution >= 4 is 39.9 Å². The molecule has 0 radical (unpaired) electrons. The Labute approximate surface area is 155 Å². The lowest BCUT2D eigenvalue weighted by atomic mass is 9.96.